The van der Waals surface area contributed by atoms with Gasteiger partial charge in [0, 0.05) is 22.6 Å². The van der Waals surface area contributed by atoms with Crippen LogP contribution < -0.4 is 0 Å². The number of ether oxygens (including phenoxy) is 1. The molecular formula is C28H31BClN5O2. The van der Waals surface area contributed by atoms with E-state index in [-0.39, 0.29) is 11.6 Å². The summed E-state index contributed by atoms with van der Waals surface area (Å²) in [5.41, 5.74) is 5.82. The van der Waals surface area contributed by atoms with Gasteiger partial charge in [-0.05, 0) is 75.3 Å². The topological polar surface area (TPSA) is 76.3 Å². The van der Waals surface area contributed by atoms with E-state index in [9.17, 15) is 5.02 Å². The number of aromatic nitrogens is 4. The Kier molecular flexibility index (Phi) is 6.75. The molecule has 37 heavy (non-hydrogen) atoms. The molecule has 2 aliphatic heterocycles. The first-order chi connectivity index (χ1) is 18.0. The highest BCUT2D eigenvalue weighted by Crippen LogP contribution is 2.43. The maximum Gasteiger partial charge on any atom is 0.376 e. The van der Waals surface area contributed by atoms with Crippen LogP contribution in [0.2, 0.25) is 11.8 Å². The Hall–Kier alpha value is -2.78. The van der Waals surface area contributed by atoms with Crippen LogP contribution >= 0.6 is 11.6 Å². The second kappa shape index (κ2) is 10.2. The van der Waals surface area contributed by atoms with E-state index in [2.05, 4.69) is 51.2 Å². The van der Waals surface area contributed by atoms with Crippen molar-refractivity contribution < 1.29 is 9.76 Å². The van der Waals surface area contributed by atoms with Crippen molar-refractivity contribution in [3.8, 4) is 11.3 Å². The van der Waals surface area contributed by atoms with Gasteiger partial charge < -0.3 is 14.6 Å². The highest BCUT2D eigenvalue weighted by Gasteiger charge is 2.39. The fourth-order valence-corrected chi connectivity index (χ4v) is 6.08. The van der Waals surface area contributed by atoms with Crippen molar-refractivity contribution in [1.29, 1.82) is 0 Å². The number of hydrogen-bond acceptors (Lipinski definition) is 6. The predicted molar refractivity (Wildman–Crippen MR) is 146 cm³/mol. The molecule has 0 aliphatic carbocycles. The maximum atomic E-state index is 10.1. The van der Waals surface area contributed by atoms with E-state index in [4.69, 9.17) is 21.3 Å². The molecule has 2 aromatic heterocycles. The second-order valence-corrected chi connectivity index (χ2v) is 10.6. The van der Waals surface area contributed by atoms with Crippen LogP contribution in [-0.4, -0.2) is 56.1 Å². The molecule has 0 spiro atoms. The Labute approximate surface area is 222 Å². The SMILES string of the molecule is CB(O)N1CCC(c2ccc(Cl)cc2)(c2ccc(-c3ncnc4c3ncn4C3CCCCO3)cc2)CC1. The molecule has 0 radical (unpaired) electrons. The van der Waals surface area contributed by atoms with Gasteiger partial charge in [-0.25, -0.2) is 15.0 Å². The zero-order chi connectivity index (χ0) is 25.4. The number of halogens is 1. The molecule has 2 aliphatic rings. The molecule has 0 saturated carbocycles. The van der Waals surface area contributed by atoms with Crippen molar-refractivity contribution in [2.75, 3.05) is 19.7 Å². The normalized spacial score (nSPS) is 20.2. The number of hydrogen-bond donors (Lipinski definition) is 1. The van der Waals surface area contributed by atoms with Gasteiger partial charge in [0.15, 0.2) is 5.65 Å². The minimum atomic E-state index is -0.440. The van der Waals surface area contributed by atoms with Gasteiger partial charge in [0.05, 0.1) is 6.33 Å². The van der Waals surface area contributed by atoms with Gasteiger partial charge in [0.2, 0.25) is 0 Å². The highest BCUT2D eigenvalue weighted by molar-refractivity contribution is 6.45. The number of nitrogens with zero attached hydrogens (tertiary/aromatic N) is 5. The Morgan fingerprint density at radius 1 is 0.973 bits per heavy atom. The Bertz CT molecular complexity index is 1360. The predicted octanol–water partition coefficient (Wildman–Crippen LogP) is 5.34. The monoisotopic (exact) mass is 515 g/mol. The summed E-state index contributed by atoms with van der Waals surface area (Å²) in [4.78, 5) is 16.0. The second-order valence-electron chi connectivity index (χ2n) is 10.2. The molecule has 0 amide bonds. The third-order valence-corrected chi connectivity index (χ3v) is 8.36. The van der Waals surface area contributed by atoms with Crippen LogP contribution in [0, 0.1) is 0 Å². The fraction of sp³-hybridized carbons (Fsp3) is 0.393. The van der Waals surface area contributed by atoms with Gasteiger partial charge in [-0.1, -0.05) is 48.0 Å². The third kappa shape index (κ3) is 4.57. The maximum absolute atomic E-state index is 10.1. The lowest BCUT2D eigenvalue weighted by molar-refractivity contribution is -0.0298. The first-order valence-corrected chi connectivity index (χ1v) is 13.5. The van der Waals surface area contributed by atoms with Gasteiger partial charge in [0.25, 0.3) is 0 Å². The summed E-state index contributed by atoms with van der Waals surface area (Å²) in [6.45, 7) is 4.27. The summed E-state index contributed by atoms with van der Waals surface area (Å²) in [6.07, 6.45) is 8.49. The lowest BCUT2D eigenvalue weighted by atomic mass is 9.66. The average Bonchev–Trinajstić information content (AvgIpc) is 3.38. The largest absolute Gasteiger partial charge is 0.437 e. The molecule has 9 heteroatoms. The molecule has 2 aromatic carbocycles. The van der Waals surface area contributed by atoms with Crippen LogP contribution in [0.5, 0.6) is 0 Å². The van der Waals surface area contributed by atoms with E-state index >= 15 is 0 Å². The van der Waals surface area contributed by atoms with Crippen LogP contribution in [0.25, 0.3) is 22.4 Å². The minimum absolute atomic E-state index is 0.0179. The molecule has 1 atom stereocenters. The number of benzene rings is 2. The molecule has 1 N–H and O–H groups in total. The first kappa shape index (κ1) is 24.6. The zero-order valence-corrected chi connectivity index (χ0v) is 21.8. The Morgan fingerprint density at radius 2 is 1.68 bits per heavy atom. The van der Waals surface area contributed by atoms with E-state index in [1.807, 2.05) is 29.9 Å². The molecule has 2 saturated heterocycles. The van der Waals surface area contributed by atoms with E-state index in [0.717, 1.165) is 79.2 Å². The van der Waals surface area contributed by atoms with Crippen molar-refractivity contribution in [1.82, 2.24) is 24.3 Å². The summed E-state index contributed by atoms with van der Waals surface area (Å²) >= 11 is 6.23. The van der Waals surface area contributed by atoms with Crippen molar-refractivity contribution in [3.05, 3.63) is 77.3 Å². The lowest BCUT2D eigenvalue weighted by Gasteiger charge is -2.43. The quantitative estimate of drug-likeness (QED) is 0.362. The van der Waals surface area contributed by atoms with Crippen LogP contribution in [0.4, 0.5) is 0 Å². The van der Waals surface area contributed by atoms with E-state index < -0.39 is 7.05 Å². The van der Waals surface area contributed by atoms with Crippen LogP contribution in [-0.2, 0) is 10.2 Å². The van der Waals surface area contributed by atoms with E-state index in [1.165, 1.54) is 11.1 Å². The van der Waals surface area contributed by atoms with Crippen LogP contribution in [0.3, 0.4) is 0 Å². The number of rotatable bonds is 5. The zero-order valence-electron chi connectivity index (χ0n) is 21.1. The van der Waals surface area contributed by atoms with E-state index in [0.29, 0.717) is 0 Å². The number of imidazole rings is 1. The molecule has 4 heterocycles. The van der Waals surface area contributed by atoms with Crippen LogP contribution in [0.15, 0.2) is 61.2 Å². The lowest BCUT2D eigenvalue weighted by Crippen LogP contribution is -2.48. The van der Waals surface area contributed by atoms with Crippen molar-refractivity contribution >= 4 is 29.8 Å². The first-order valence-electron chi connectivity index (χ1n) is 13.1. The van der Waals surface area contributed by atoms with Gasteiger partial charge >= 0.3 is 7.05 Å². The molecular weight excluding hydrogens is 485 g/mol. The highest BCUT2D eigenvalue weighted by atomic mass is 35.5. The average molecular weight is 516 g/mol. The standard InChI is InChI=1S/C28H31BClN5O2/c1-29(36)34-15-13-28(14-16-34,22-9-11-23(30)12-10-22)21-7-5-20(6-8-21)25-26-27(32-18-31-25)35(19-33-26)24-4-2-3-17-37-24/h5-12,18-19,24,36H,2-4,13-17H2,1H3. The van der Waals surface area contributed by atoms with Crippen molar-refractivity contribution in [2.45, 2.75) is 50.6 Å². The van der Waals surface area contributed by atoms with Crippen LogP contribution in [0.1, 0.15) is 49.5 Å². The van der Waals surface area contributed by atoms with E-state index in [1.54, 1.807) is 6.33 Å². The third-order valence-electron chi connectivity index (χ3n) is 8.11. The molecule has 7 nitrogen and oxygen atoms in total. The molecule has 6 rings (SSSR count). The molecule has 190 valence electrons. The summed E-state index contributed by atoms with van der Waals surface area (Å²) in [6, 6.07) is 17.0. The summed E-state index contributed by atoms with van der Waals surface area (Å²) in [5, 5.41) is 10.9. The molecule has 0 bridgehead atoms. The fourth-order valence-electron chi connectivity index (χ4n) is 5.96. The Morgan fingerprint density at radius 3 is 2.32 bits per heavy atom. The molecule has 4 aromatic rings. The van der Waals surface area contributed by atoms with Gasteiger partial charge in [-0.15, -0.1) is 0 Å². The number of piperidine rings is 1. The summed E-state index contributed by atoms with van der Waals surface area (Å²) in [5.74, 6) is 0. The smallest absolute Gasteiger partial charge is 0.376 e. The minimum Gasteiger partial charge on any atom is -0.437 e. The van der Waals surface area contributed by atoms with Gasteiger partial charge in [0.1, 0.15) is 23.8 Å². The van der Waals surface area contributed by atoms with Crippen molar-refractivity contribution in [2.24, 2.45) is 0 Å². The number of fused-ring (bicyclic) bond motifs is 1. The Balaban J connectivity index is 1.35. The summed E-state index contributed by atoms with van der Waals surface area (Å²) < 4.78 is 8.02. The molecule has 2 fully saturated rings. The summed E-state index contributed by atoms with van der Waals surface area (Å²) in [7, 11) is -0.440. The van der Waals surface area contributed by atoms with Crippen molar-refractivity contribution in [3.63, 3.8) is 0 Å². The van der Waals surface area contributed by atoms with Gasteiger partial charge in [-0.2, -0.15) is 0 Å². The van der Waals surface area contributed by atoms with Gasteiger partial charge in [-0.3, -0.25) is 4.57 Å². The molecule has 1 unspecified atom stereocenters.